The number of nitrogens with zero attached hydrogens (tertiary/aromatic N) is 1. The van der Waals surface area contributed by atoms with E-state index in [4.69, 9.17) is 30.5 Å². The fraction of sp³-hybridized carbons (Fsp3) is 0.400. The molecule has 0 spiro atoms. The van der Waals surface area contributed by atoms with Crippen LogP contribution in [0.3, 0.4) is 0 Å². The molecular formula is C30H36ClFN2O6S. The maximum Gasteiger partial charge on any atom is 0.261 e. The van der Waals surface area contributed by atoms with Gasteiger partial charge in [0, 0.05) is 25.2 Å². The molecule has 1 aliphatic heterocycles. The number of rotatable bonds is 15. The lowest BCUT2D eigenvalue weighted by molar-refractivity contribution is 0.0179. The number of piperidine rings is 1. The van der Waals surface area contributed by atoms with E-state index >= 15 is 0 Å². The van der Waals surface area contributed by atoms with Gasteiger partial charge in [-0.25, -0.2) is 12.8 Å². The van der Waals surface area contributed by atoms with Crippen molar-refractivity contribution in [2.24, 2.45) is 0 Å². The Morgan fingerprint density at radius 3 is 2.24 bits per heavy atom. The highest BCUT2D eigenvalue weighted by molar-refractivity contribution is 7.92. The summed E-state index contributed by atoms with van der Waals surface area (Å²) >= 11 is 5.91. The summed E-state index contributed by atoms with van der Waals surface area (Å²) < 4.78 is 64.9. The first-order valence-electron chi connectivity index (χ1n) is 13.6. The van der Waals surface area contributed by atoms with Gasteiger partial charge in [0.05, 0.1) is 49.3 Å². The third kappa shape index (κ3) is 9.05. The summed E-state index contributed by atoms with van der Waals surface area (Å²) in [6.45, 7) is 4.06. The van der Waals surface area contributed by atoms with E-state index in [0.717, 1.165) is 18.5 Å². The highest BCUT2D eigenvalue weighted by atomic mass is 35.5. The standard InChI is InChI=1S/C30H36ClFN2O6S/c1-37-16-17-38-18-19-39-20-21-40-25-7-9-26(10-8-25)41(35,36)33-29-4-2-3-5-30(29)34-14-12-23(13-15-34)27-11-6-24(31)22-28(27)32/h2-11,22-23,33H,12-21H2,1H3. The van der Waals surface area contributed by atoms with Crippen molar-refractivity contribution >= 4 is 33.0 Å². The maximum atomic E-state index is 14.4. The van der Waals surface area contributed by atoms with Crippen LogP contribution in [0.2, 0.25) is 5.02 Å². The number of ether oxygens (including phenoxy) is 4. The molecule has 0 radical (unpaired) electrons. The number of hydrogen-bond donors (Lipinski definition) is 1. The summed E-state index contributed by atoms with van der Waals surface area (Å²) in [6.07, 6.45) is 1.49. The third-order valence-electron chi connectivity index (χ3n) is 6.82. The van der Waals surface area contributed by atoms with E-state index in [0.29, 0.717) is 74.8 Å². The molecule has 0 unspecified atom stereocenters. The maximum absolute atomic E-state index is 14.4. The molecule has 0 bridgehead atoms. The van der Waals surface area contributed by atoms with Gasteiger partial charge in [0.25, 0.3) is 10.0 Å². The first-order valence-corrected chi connectivity index (χ1v) is 15.4. The van der Waals surface area contributed by atoms with Crippen LogP contribution in [0.15, 0.2) is 71.6 Å². The number of halogens is 2. The van der Waals surface area contributed by atoms with Crippen molar-refractivity contribution in [2.45, 2.75) is 23.7 Å². The molecule has 222 valence electrons. The van der Waals surface area contributed by atoms with E-state index in [-0.39, 0.29) is 16.6 Å². The Hall–Kier alpha value is -2.89. The Kier molecular flexibility index (Phi) is 11.6. The Balaban J connectivity index is 1.29. The van der Waals surface area contributed by atoms with Crippen molar-refractivity contribution in [1.29, 1.82) is 0 Å². The van der Waals surface area contributed by atoms with E-state index in [9.17, 15) is 12.8 Å². The van der Waals surface area contributed by atoms with Crippen molar-refractivity contribution in [3.8, 4) is 5.75 Å². The van der Waals surface area contributed by atoms with Gasteiger partial charge in [0.2, 0.25) is 0 Å². The molecule has 1 fully saturated rings. The Labute approximate surface area is 246 Å². The van der Waals surface area contributed by atoms with Gasteiger partial charge in [-0.1, -0.05) is 29.8 Å². The van der Waals surface area contributed by atoms with Crippen LogP contribution in [0.4, 0.5) is 15.8 Å². The normalized spacial score (nSPS) is 14.3. The number of hydrogen-bond acceptors (Lipinski definition) is 7. The summed E-state index contributed by atoms with van der Waals surface area (Å²) in [6, 6.07) is 18.4. The second-order valence-corrected chi connectivity index (χ2v) is 11.7. The molecule has 0 aromatic heterocycles. The van der Waals surface area contributed by atoms with Gasteiger partial charge < -0.3 is 23.8 Å². The molecule has 1 N–H and O–H groups in total. The summed E-state index contributed by atoms with van der Waals surface area (Å²) in [5.41, 5.74) is 1.95. The highest BCUT2D eigenvalue weighted by Gasteiger charge is 2.25. The first-order chi connectivity index (χ1) is 19.9. The second kappa shape index (κ2) is 15.4. The Morgan fingerprint density at radius 1 is 0.902 bits per heavy atom. The van der Waals surface area contributed by atoms with E-state index < -0.39 is 10.0 Å². The minimum atomic E-state index is -3.84. The summed E-state index contributed by atoms with van der Waals surface area (Å²) in [5.74, 6) is 0.345. The van der Waals surface area contributed by atoms with Crippen molar-refractivity contribution in [3.05, 3.63) is 83.1 Å². The van der Waals surface area contributed by atoms with Crippen LogP contribution < -0.4 is 14.4 Å². The molecule has 0 atom stereocenters. The molecule has 1 saturated heterocycles. The van der Waals surface area contributed by atoms with Gasteiger partial charge in [-0.05, 0) is 72.9 Å². The fourth-order valence-electron chi connectivity index (χ4n) is 4.70. The summed E-state index contributed by atoms with van der Waals surface area (Å²) in [4.78, 5) is 2.26. The quantitative estimate of drug-likeness (QED) is 0.221. The molecule has 8 nitrogen and oxygen atoms in total. The van der Waals surface area contributed by atoms with Gasteiger partial charge in [-0.15, -0.1) is 0 Å². The number of anilines is 2. The van der Waals surface area contributed by atoms with Gasteiger partial charge in [0.1, 0.15) is 18.2 Å². The van der Waals surface area contributed by atoms with Crippen LogP contribution in [-0.2, 0) is 24.2 Å². The largest absolute Gasteiger partial charge is 0.491 e. The predicted molar refractivity (Wildman–Crippen MR) is 158 cm³/mol. The zero-order chi connectivity index (χ0) is 29.1. The molecule has 0 amide bonds. The molecule has 3 aromatic carbocycles. The molecule has 1 heterocycles. The van der Waals surface area contributed by atoms with Crippen molar-refractivity contribution in [3.63, 3.8) is 0 Å². The van der Waals surface area contributed by atoms with Crippen LogP contribution in [0.1, 0.15) is 24.3 Å². The SMILES string of the molecule is COCCOCCOCCOc1ccc(S(=O)(=O)Nc2ccccc2N2CCC(c3ccc(Cl)cc3F)CC2)cc1. The molecule has 1 aliphatic rings. The van der Waals surface area contributed by atoms with Crippen LogP contribution in [0, 0.1) is 5.82 Å². The number of benzene rings is 3. The van der Waals surface area contributed by atoms with Gasteiger partial charge >= 0.3 is 0 Å². The van der Waals surface area contributed by atoms with Crippen LogP contribution in [0.25, 0.3) is 0 Å². The highest BCUT2D eigenvalue weighted by Crippen LogP contribution is 2.36. The van der Waals surface area contributed by atoms with Gasteiger partial charge in [-0.3, -0.25) is 4.72 Å². The number of sulfonamides is 1. The average Bonchev–Trinajstić information content (AvgIpc) is 2.97. The molecule has 0 aliphatic carbocycles. The monoisotopic (exact) mass is 606 g/mol. The van der Waals surface area contributed by atoms with Crippen molar-refractivity contribution in [1.82, 2.24) is 0 Å². The molecular weight excluding hydrogens is 571 g/mol. The van der Waals surface area contributed by atoms with Crippen LogP contribution >= 0.6 is 11.6 Å². The molecule has 41 heavy (non-hydrogen) atoms. The van der Waals surface area contributed by atoms with E-state index in [1.807, 2.05) is 12.1 Å². The lowest BCUT2D eigenvalue weighted by Gasteiger charge is -2.35. The minimum absolute atomic E-state index is 0.0831. The molecule has 3 aromatic rings. The Bertz CT molecular complexity index is 1350. The fourth-order valence-corrected chi connectivity index (χ4v) is 5.93. The molecule has 4 rings (SSSR count). The number of methoxy groups -OCH3 is 1. The predicted octanol–water partition coefficient (Wildman–Crippen LogP) is 5.72. The molecule has 11 heteroatoms. The van der Waals surface area contributed by atoms with Gasteiger partial charge in [0.15, 0.2) is 0 Å². The minimum Gasteiger partial charge on any atom is -0.491 e. The second-order valence-electron chi connectivity index (χ2n) is 9.59. The third-order valence-corrected chi connectivity index (χ3v) is 8.44. The van der Waals surface area contributed by atoms with E-state index in [1.165, 1.54) is 18.2 Å². The molecule has 0 saturated carbocycles. The number of nitrogens with one attached hydrogen (secondary N) is 1. The topological polar surface area (TPSA) is 86.3 Å². The van der Waals surface area contributed by atoms with Crippen molar-refractivity contribution < 1.29 is 31.8 Å². The Morgan fingerprint density at radius 2 is 1.56 bits per heavy atom. The summed E-state index contributed by atoms with van der Waals surface area (Å²) in [7, 11) is -2.22. The first kappa shape index (κ1) is 31.1. The average molecular weight is 607 g/mol. The van der Waals surface area contributed by atoms with E-state index in [1.54, 1.807) is 43.5 Å². The smallest absolute Gasteiger partial charge is 0.261 e. The lowest BCUT2D eigenvalue weighted by atomic mass is 9.89. The van der Waals surface area contributed by atoms with Crippen molar-refractivity contribution in [2.75, 3.05) is 69.5 Å². The zero-order valence-electron chi connectivity index (χ0n) is 23.1. The lowest BCUT2D eigenvalue weighted by Crippen LogP contribution is -2.33. The number of para-hydroxylation sites is 2. The summed E-state index contributed by atoms with van der Waals surface area (Å²) in [5, 5.41) is 0.383. The van der Waals surface area contributed by atoms with Crippen LogP contribution in [-0.4, -0.2) is 68.3 Å². The van der Waals surface area contributed by atoms with E-state index in [2.05, 4.69) is 9.62 Å². The zero-order valence-corrected chi connectivity index (χ0v) is 24.6. The van der Waals surface area contributed by atoms with Gasteiger partial charge in [-0.2, -0.15) is 0 Å². The van der Waals surface area contributed by atoms with Crippen LogP contribution in [0.5, 0.6) is 5.75 Å².